The highest BCUT2D eigenvalue weighted by molar-refractivity contribution is 5.91. The number of rotatable bonds is 3. The number of hydrogen-bond donors (Lipinski definition) is 1. The molecule has 3 aromatic carbocycles. The van der Waals surface area contributed by atoms with Crippen molar-refractivity contribution in [3.63, 3.8) is 0 Å². The third-order valence-electron chi connectivity index (χ3n) is 6.03. The van der Waals surface area contributed by atoms with Crippen molar-refractivity contribution in [3.05, 3.63) is 89.5 Å². The van der Waals surface area contributed by atoms with Gasteiger partial charge in [0, 0.05) is 11.6 Å². The smallest absolute Gasteiger partial charge is 0.338 e. The Labute approximate surface area is 165 Å². The Kier molecular flexibility index (Phi) is 4.16. The molecule has 28 heavy (non-hydrogen) atoms. The summed E-state index contributed by atoms with van der Waals surface area (Å²) in [6.07, 6.45) is 5.62. The lowest BCUT2D eigenvalue weighted by Gasteiger charge is -2.38. The molecule has 0 aromatic heterocycles. The van der Waals surface area contributed by atoms with E-state index in [-0.39, 0.29) is 12.0 Å². The van der Waals surface area contributed by atoms with Gasteiger partial charge in [-0.25, -0.2) is 4.79 Å². The Morgan fingerprint density at radius 3 is 2.82 bits per heavy atom. The maximum absolute atomic E-state index is 12.2. The van der Waals surface area contributed by atoms with Gasteiger partial charge in [-0.1, -0.05) is 54.6 Å². The van der Waals surface area contributed by atoms with Crippen LogP contribution in [0.5, 0.6) is 0 Å². The van der Waals surface area contributed by atoms with Crippen LogP contribution in [0.25, 0.3) is 10.8 Å². The highest BCUT2D eigenvalue weighted by Gasteiger charge is 2.38. The molecule has 5 rings (SSSR count). The molecule has 3 heteroatoms. The Morgan fingerprint density at radius 2 is 1.93 bits per heavy atom. The van der Waals surface area contributed by atoms with Gasteiger partial charge in [-0.15, -0.1) is 0 Å². The molecule has 0 saturated carbocycles. The summed E-state index contributed by atoms with van der Waals surface area (Å²) in [5, 5.41) is 6.36. The third-order valence-corrected chi connectivity index (χ3v) is 6.03. The van der Waals surface area contributed by atoms with Gasteiger partial charge in [0.1, 0.15) is 0 Å². The number of nitrogens with one attached hydrogen (secondary N) is 1. The van der Waals surface area contributed by atoms with Crippen molar-refractivity contribution in [2.75, 3.05) is 11.9 Å². The second kappa shape index (κ2) is 6.83. The van der Waals surface area contributed by atoms with E-state index >= 15 is 0 Å². The van der Waals surface area contributed by atoms with Crippen molar-refractivity contribution < 1.29 is 9.53 Å². The SMILES string of the molecule is CCOC(=O)c1ccc2c(c1)[C@@H]1C=CC[C@H]1[C@H](c1cccc3ccccc13)N2. The second-order valence-corrected chi connectivity index (χ2v) is 7.57. The molecule has 3 aromatic rings. The number of anilines is 1. The predicted octanol–water partition coefficient (Wildman–Crippen LogP) is 5.84. The third kappa shape index (κ3) is 2.70. The lowest BCUT2D eigenvalue weighted by Crippen LogP contribution is -2.29. The molecule has 0 unspecified atom stereocenters. The minimum Gasteiger partial charge on any atom is -0.462 e. The molecule has 1 N–H and O–H groups in total. The van der Waals surface area contributed by atoms with E-state index < -0.39 is 0 Å². The Hall–Kier alpha value is -3.07. The van der Waals surface area contributed by atoms with Gasteiger partial charge in [0.25, 0.3) is 0 Å². The fourth-order valence-corrected chi connectivity index (χ4v) is 4.77. The number of esters is 1. The van der Waals surface area contributed by atoms with Gasteiger partial charge < -0.3 is 10.1 Å². The van der Waals surface area contributed by atoms with Gasteiger partial charge in [0.2, 0.25) is 0 Å². The van der Waals surface area contributed by atoms with Crippen LogP contribution in [0.2, 0.25) is 0 Å². The second-order valence-electron chi connectivity index (χ2n) is 7.57. The number of hydrogen-bond acceptors (Lipinski definition) is 3. The van der Waals surface area contributed by atoms with E-state index in [0.717, 1.165) is 12.1 Å². The number of ether oxygens (including phenoxy) is 1. The standard InChI is InChI=1S/C25H23NO2/c1-2-28-25(27)17-13-14-23-22(15-17)19-10-6-12-21(19)24(26-23)20-11-5-8-16-7-3-4-9-18(16)20/h3-11,13-15,19,21,24,26H,2,12H2,1H3/t19-,21-,24+/m1/s1. The van der Waals surface area contributed by atoms with E-state index in [0.29, 0.717) is 24.0 Å². The molecule has 0 spiro atoms. The Bertz CT molecular complexity index is 1080. The molecule has 140 valence electrons. The Balaban J connectivity index is 1.59. The van der Waals surface area contributed by atoms with Gasteiger partial charge in [0.05, 0.1) is 18.2 Å². The predicted molar refractivity (Wildman–Crippen MR) is 113 cm³/mol. The zero-order valence-electron chi connectivity index (χ0n) is 15.9. The molecule has 0 bridgehead atoms. The summed E-state index contributed by atoms with van der Waals surface area (Å²) in [6.45, 7) is 2.23. The van der Waals surface area contributed by atoms with Crippen molar-refractivity contribution >= 4 is 22.4 Å². The molecule has 0 fully saturated rings. The summed E-state index contributed by atoms with van der Waals surface area (Å²) in [6, 6.07) is 21.3. The largest absolute Gasteiger partial charge is 0.462 e. The summed E-state index contributed by atoms with van der Waals surface area (Å²) in [5.41, 5.74) is 4.28. The fraction of sp³-hybridized carbons (Fsp3) is 0.240. The lowest BCUT2D eigenvalue weighted by molar-refractivity contribution is 0.0526. The number of carbonyl (C=O) groups is 1. The van der Waals surface area contributed by atoms with E-state index in [1.165, 1.54) is 21.9 Å². The molecule has 3 atom stereocenters. The number of carbonyl (C=O) groups excluding carboxylic acids is 1. The van der Waals surface area contributed by atoms with E-state index in [4.69, 9.17) is 4.74 Å². The molecule has 0 radical (unpaired) electrons. The van der Waals surface area contributed by atoms with E-state index in [2.05, 4.69) is 59.9 Å². The highest BCUT2D eigenvalue weighted by Crippen LogP contribution is 2.50. The van der Waals surface area contributed by atoms with Crippen molar-refractivity contribution in [1.82, 2.24) is 0 Å². The van der Waals surface area contributed by atoms with Gasteiger partial charge in [-0.3, -0.25) is 0 Å². The Morgan fingerprint density at radius 1 is 1.07 bits per heavy atom. The van der Waals surface area contributed by atoms with E-state index in [9.17, 15) is 4.79 Å². The van der Waals surface area contributed by atoms with Crippen molar-refractivity contribution in [2.24, 2.45) is 5.92 Å². The zero-order chi connectivity index (χ0) is 19.1. The van der Waals surface area contributed by atoms with Crippen molar-refractivity contribution in [1.29, 1.82) is 0 Å². The number of benzene rings is 3. The molecule has 3 nitrogen and oxygen atoms in total. The summed E-state index contributed by atoms with van der Waals surface area (Å²) in [7, 11) is 0. The normalized spacial score (nSPS) is 22.4. The van der Waals surface area contributed by atoms with Crippen molar-refractivity contribution in [3.8, 4) is 0 Å². The zero-order valence-corrected chi connectivity index (χ0v) is 15.9. The minimum absolute atomic E-state index is 0.243. The van der Waals surface area contributed by atoms with Crippen molar-refractivity contribution in [2.45, 2.75) is 25.3 Å². The first-order valence-electron chi connectivity index (χ1n) is 9.98. The van der Waals surface area contributed by atoms with Crippen LogP contribution >= 0.6 is 0 Å². The van der Waals surface area contributed by atoms with Gasteiger partial charge >= 0.3 is 5.97 Å². The van der Waals surface area contributed by atoms with Crippen LogP contribution in [0.3, 0.4) is 0 Å². The van der Waals surface area contributed by atoms with E-state index in [1.807, 2.05) is 25.1 Å². The van der Waals surface area contributed by atoms with E-state index in [1.54, 1.807) is 0 Å². The highest BCUT2D eigenvalue weighted by atomic mass is 16.5. The van der Waals surface area contributed by atoms with Crippen LogP contribution in [0.4, 0.5) is 5.69 Å². The topological polar surface area (TPSA) is 38.3 Å². The van der Waals surface area contributed by atoms with Gasteiger partial charge in [-0.2, -0.15) is 0 Å². The summed E-state index contributed by atoms with van der Waals surface area (Å²) in [5.74, 6) is 0.505. The maximum Gasteiger partial charge on any atom is 0.338 e. The monoisotopic (exact) mass is 369 g/mol. The average molecular weight is 369 g/mol. The van der Waals surface area contributed by atoms with Crippen LogP contribution in [-0.4, -0.2) is 12.6 Å². The lowest BCUT2D eigenvalue weighted by atomic mass is 9.76. The number of allylic oxidation sites excluding steroid dienone is 2. The first-order chi connectivity index (χ1) is 13.8. The van der Waals surface area contributed by atoms with Crippen LogP contribution in [0, 0.1) is 5.92 Å². The first kappa shape index (κ1) is 17.1. The van der Waals surface area contributed by atoms with Gasteiger partial charge in [-0.05, 0) is 59.4 Å². The average Bonchev–Trinajstić information content (AvgIpc) is 3.23. The molecule has 1 heterocycles. The van der Waals surface area contributed by atoms with Crippen LogP contribution in [-0.2, 0) is 4.74 Å². The van der Waals surface area contributed by atoms with Crippen LogP contribution in [0.1, 0.15) is 46.8 Å². The summed E-state index contributed by atoms with van der Waals surface area (Å²) < 4.78 is 5.19. The number of fused-ring (bicyclic) bond motifs is 4. The quantitative estimate of drug-likeness (QED) is 0.465. The summed E-state index contributed by atoms with van der Waals surface area (Å²) >= 11 is 0. The van der Waals surface area contributed by atoms with Crippen LogP contribution < -0.4 is 5.32 Å². The maximum atomic E-state index is 12.2. The molecule has 0 amide bonds. The molecule has 1 aliphatic carbocycles. The molecule has 1 aliphatic heterocycles. The summed E-state index contributed by atoms with van der Waals surface area (Å²) in [4.78, 5) is 12.2. The van der Waals surface area contributed by atoms with Gasteiger partial charge in [0.15, 0.2) is 0 Å². The fourth-order valence-electron chi connectivity index (χ4n) is 4.77. The molecule has 0 saturated heterocycles. The molecule has 2 aliphatic rings. The minimum atomic E-state index is -0.250. The molecular formula is C25H23NO2. The molecular weight excluding hydrogens is 346 g/mol. The van der Waals surface area contributed by atoms with Crippen LogP contribution in [0.15, 0.2) is 72.8 Å². The first-order valence-corrected chi connectivity index (χ1v) is 9.98.